The van der Waals surface area contributed by atoms with Gasteiger partial charge in [0.2, 0.25) is 0 Å². The third-order valence-electron chi connectivity index (χ3n) is 2.19. The number of hydrogen-bond donors (Lipinski definition) is 3. The summed E-state index contributed by atoms with van der Waals surface area (Å²) in [6.45, 7) is 2.20. The molecule has 1 fully saturated rings. The van der Waals surface area contributed by atoms with Crippen molar-refractivity contribution in [1.82, 2.24) is 10.6 Å². The van der Waals surface area contributed by atoms with Crippen LogP contribution < -0.4 is 10.6 Å². The van der Waals surface area contributed by atoms with Gasteiger partial charge in [-0.2, -0.15) is 0 Å². The van der Waals surface area contributed by atoms with Crippen molar-refractivity contribution < 1.29 is 5.11 Å². The molecule has 1 aliphatic rings. The molecule has 1 heterocycles. The molecule has 0 saturated carbocycles. The second-order valence-corrected chi connectivity index (χ2v) is 3.09. The highest BCUT2D eigenvalue weighted by atomic mass is 16.3. The minimum absolute atomic E-state index is 0.104. The van der Waals surface area contributed by atoms with Gasteiger partial charge in [-0.25, -0.2) is 0 Å². The van der Waals surface area contributed by atoms with E-state index in [-0.39, 0.29) is 6.73 Å². The van der Waals surface area contributed by atoms with E-state index in [2.05, 4.69) is 10.6 Å². The van der Waals surface area contributed by atoms with Crippen LogP contribution in [0, 0.1) is 0 Å². The first kappa shape index (κ1) is 8.97. The maximum Gasteiger partial charge on any atom is 0.0931 e. The van der Waals surface area contributed by atoms with E-state index >= 15 is 0 Å². The van der Waals surface area contributed by atoms with Crippen molar-refractivity contribution in [3.8, 4) is 0 Å². The fourth-order valence-corrected chi connectivity index (χ4v) is 1.53. The zero-order valence-electron chi connectivity index (χ0n) is 6.97. The standard InChI is InChI=1S/C8H18N2O/c11-7-9-6-4-8-3-1-2-5-10-8/h8-11H,1-7H2. The van der Waals surface area contributed by atoms with E-state index in [1.165, 1.54) is 25.8 Å². The molecule has 3 heteroatoms. The molecule has 1 atom stereocenters. The van der Waals surface area contributed by atoms with Gasteiger partial charge in [0.1, 0.15) is 0 Å². The van der Waals surface area contributed by atoms with Crippen LogP contribution in [-0.4, -0.2) is 31.0 Å². The Bertz CT molecular complexity index is 92.1. The minimum Gasteiger partial charge on any atom is -0.381 e. The third-order valence-corrected chi connectivity index (χ3v) is 2.19. The van der Waals surface area contributed by atoms with Gasteiger partial charge in [0.25, 0.3) is 0 Å². The van der Waals surface area contributed by atoms with E-state index in [4.69, 9.17) is 5.11 Å². The van der Waals surface area contributed by atoms with Crippen LogP contribution in [0.2, 0.25) is 0 Å². The van der Waals surface area contributed by atoms with E-state index in [1.54, 1.807) is 0 Å². The van der Waals surface area contributed by atoms with Crippen LogP contribution in [0.3, 0.4) is 0 Å². The van der Waals surface area contributed by atoms with Gasteiger partial charge in [-0.1, -0.05) is 6.42 Å². The van der Waals surface area contributed by atoms with E-state index in [9.17, 15) is 0 Å². The summed E-state index contributed by atoms with van der Waals surface area (Å²) < 4.78 is 0. The minimum atomic E-state index is 0.104. The molecule has 1 unspecified atom stereocenters. The Kier molecular flexibility index (Phi) is 4.50. The van der Waals surface area contributed by atoms with Crippen molar-refractivity contribution >= 4 is 0 Å². The van der Waals surface area contributed by atoms with Crippen LogP contribution in [0.4, 0.5) is 0 Å². The Balaban J connectivity index is 1.96. The van der Waals surface area contributed by atoms with Gasteiger partial charge in [0, 0.05) is 6.04 Å². The topological polar surface area (TPSA) is 44.3 Å². The molecule has 1 saturated heterocycles. The van der Waals surface area contributed by atoms with E-state index < -0.39 is 0 Å². The maximum atomic E-state index is 8.46. The van der Waals surface area contributed by atoms with E-state index in [1.807, 2.05) is 0 Å². The first-order chi connectivity index (χ1) is 5.43. The summed E-state index contributed by atoms with van der Waals surface area (Å²) in [5, 5.41) is 14.8. The summed E-state index contributed by atoms with van der Waals surface area (Å²) in [4.78, 5) is 0. The molecule has 11 heavy (non-hydrogen) atoms. The normalized spacial score (nSPS) is 25.4. The molecule has 0 amide bonds. The smallest absolute Gasteiger partial charge is 0.0931 e. The van der Waals surface area contributed by atoms with Crippen LogP contribution >= 0.6 is 0 Å². The molecule has 0 aromatic carbocycles. The molecule has 0 aliphatic carbocycles. The first-order valence-electron chi connectivity index (χ1n) is 4.48. The average Bonchev–Trinajstić information content (AvgIpc) is 2.07. The van der Waals surface area contributed by atoms with Crippen molar-refractivity contribution in [3.05, 3.63) is 0 Å². The summed E-state index contributed by atoms with van der Waals surface area (Å²) in [7, 11) is 0. The third kappa shape index (κ3) is 3.70. The second-order valence-electron chi connectivity index (χ2n) is 3.09. The van der Waals surface area contributed by atoms with Gasteiger partial charge in [-0.05, 0) is 32.4 Å². The molecule has 0 spiro atoms. The van der Waals surface area contributed by atoms with Crippen LogP contribution in [0.15, 0.2) is 0 Å². The first-order valence-corrected chi connectivity index (χ1v) is 4.48. The molecular weight excluding hydrogens is 140 g/mol. The quantitative estimate of drug-likeness (QED) is 0.400. The molecular formula is C8H18N2O. The Labute approximate surface area is 68.2 Å². The van der Waals surface area contributed by atoms with Crippen molar-refractivity contribution in [3.63, 3.8) is 0 Å². The fraction of sp³-hybridized carbons (Fsp3) is 1.00. The zero-order valence-corrected chi connectivity index (χ0v) is 6.97. The highest BCUT2D eigenvalue weighted by Gasteiger charge is 2.10. The summed E-state index contributed by atoms with van der Waals surface area (Å²) in [6, 6.07) is 0.683. The van der Waals surface area contributed by atoms with Crippen molar-refractivity contribution in [2.75, 3.05) is 19.8 Å². The lowest BCUT2D eigenvalue weighted by atomic mass is 10.0. The number of aliphatic hydroxyl groups excluding tert-OH is 1. The highest BCUT2D eigenvalue weighted by Crippen LogP contribution is 2.08. The number of nitrogens with one attached hydrogen (secondary N) is 2. The van der Waals surface area contributed by atoms with Crippen LogP contribution in [0.1, 0.15) is 25.7 Å². The Morgan fingerprint density at radius 2 is 2.36 bits per heavy atom. The van der Waals surface area contributed by atoms with Crippen LogP contribution in [0.25, 0.3) is 0 Å². The van der Waals surface area contributed by atoms with Gasteiger partial charge in [-0.15, -0.1) is 0 Å². The molecule has 66 valence electrons. The summed E-state index contributed by atoms with van der Waals surface area (Å²) in [6.07, 6.45) is 5.12. The van der Waals surface area contributed by atoms with Gasteiger partial charge < -0.3 is 10.4 Å². The highest BCUT2D eigenvalue weighted by molar-refractivity contribution is 4.72. The molecule has 1 rings (SSSR count). The van der Waals surface area contributed by atoms with E-state index in [0.717, 1.165) is 13.0 Å². The summed E-state index contributed by atoms with van der Waals surface area (Å²) >= 11 is 0. The molecule has 0 bridgehead atoms. The summed E-state index contributed by atoms with van der Waals surface area (Å²) in [5.74, 6) is 0. The molecule has 0 aromatic rings. The van der Waals surface area contributed by atoms with Gasteiger partial charge in [-0.3, -0.25) is 5.32 Å². The van der Waals surface area contributed by atoms with Crippen molar-refractivity contribution in [1.29, 1.82) is 0 Å². The van der Waals surface area contributed by atoms with Gasteiger partial charge in [0.05, 0.1) is 6.73 Å². The zero-order chi connectivity index (χ0) is 7.94. The SMILES string of the molecule is OCNCCC1CCCCN1. The predicted octanol–water partition coefficient (Wildman–Crippen LogP) is 0.0580. The fourth-order valence-electron chi connectivity index (χ4n) is 1.53. The molecule has 3 N–H and O–H groups in total. The molecule has 3 nitrogen and oxygen atoms in total. The summed E-state index contributed by atoms with van der Waals surface area (Å²) in [5.41, 5.74) is 0. The van der Waals surface area contributed by atoms with Gasteiger partial charge in [0.15, 0.2) is 0 Å². The monoisotopic (exact) mass is 158 g/mol. The number of hydrogen-bond acceptors (Lipinski definition) is 3. The predicted molar refractivity (Wildman–Crippen MR) is 45.3 cm³/mol. The maximum absolute atomic E-state index is 8.46. The van der Waals surface area contributed by atoms with E-state index in [0.29, 0.717) is 6.04 Å². The van der Waals surface area contributed by atoms with Crippen molar-refractivity contribution in [2.45, 2.75) is 31.7 Å². The average molecular weight is 158 g/mol. The number of rotatable bonds is 4. The van der Waals surface area contributed by atoms with Crippen LogP contribution in [0.5, 0.6) is 0 Å². The Morgan fingerprint density at radius 3 is 3.00 bits per heavy atom. The van der Waals surface area contributed by atoms with Crippen molar-refractivity contribution in [2.24, 2.45) is 0 Å². The lowest BCUT2D eigenvalue weighted by molar-refractivity contribution is 0.254. The largest absolute Gasteiger partial charge is 0.381 e. The van der Waals surface area contributed by atoms with Gasteiger partial charge >= 0.3 is 0 Å². The Hall–Kier alpha value is -0.120. The Morgan fingerprint density at radius 1 is 1.45 bits per heavy atom. The lowest BCUT2D eigenvalue weighted by Gasteiger charge is -2.23. The second kappa shape index (κ2) is 5.52. The number of piperidine rings is 1. The molecule has 0 aromatic heterocycles. The lowest BCUT2D eigenvalue weighted by Crippen LogP contribution is -2.36. The number of aliphatic hydroxyl groups is 1. The molecule has 1 aliphatic heterocycles. The van der Waals surface area contributed by atoms with Crippen LogP contribution in [-0.2, 0) is 0 Å². The molecule has 0 radical (unpaired) electrons.